The fraction of sp³-hybridized carbons (Fsp3) is 0.143. The number of hydrogen-bond acceptors (Lipinski definition) is 4. The fourth-order valence-corrected chi connectivity index (χ4v) is 2.14. The number of nitro groups is 1. The molecular formula is C14H12BrN3O3. The maximum atomic E-state index is 12.3. The molecule has 0 bridgehead atoms. The lowest BCUT2D eigenvalue weighted by Gasteiger charge is -2.09. The van der Waals surface area contributed by atoms with Gasteiger partial charge in [0.25, 0.3) is 11.6 Å². The molecule has 21 heavy (non-hydrogen) atoms. The molecule has 0 aliphatic heterocycles. The molecule has 1 N–H and O–H groups in total. The summed E-state index contributed by atoms with van der Waals surface area (Å²) in [5.41, 5.74) is 1.73. The molecule has 0 unspecified atom stereocenters. The van der Waals surface area contributed by atoms with Gasteiger partial charge >= 0.3 is 0 Å². The van der Waals surface area contributed by atoms with Gasteiger partial charge < -0.3 is 5.32 Å². The molecule has 0 aliphatic rings. The summed E-state index contributed by atoms with van der Waals surface area (Å²) in [5, 5.41) is 13.7. The summed E-state index contributed by atoms with van der Waals surface area (Å²) in [5.74, 6) is -0.525. The second-order valence-corrected chi connectivity index (χ2v) is 5.26. The van der Waals surface area contributed by atoms with E-state index in [9.17, 15) is 14.9 Å². The van der Waals surface area contributed by atoms with Crippen LogP contribution < -0.4 is 5.32 Å². The van der Waals surface area contributed by atoms with Crippen LogP contribution in [0.15, 0.2) is 35.1 Å². The Bertz CT molecular complexity index is 731. The Hall–Kier alpha value is -2.28. The molecule has 0 fully saturated rings. The van der Waals surface area contributed by atoms with Crippen LogP contribution in [0.3, 0.4) is 0 Å². The number of pyridine rings is 1. The highest BCUT2D eigenvalue weighted by Crippen LogP contribution is 2.24. The number of hydrogen-bond donors (Lipinski definition) is 1. The van der Waals surface area contributed by atoms with Crippen molar-refractivity contribution in [2.75, 3.05) is 5.32 Å². The first kappa shape index (κ1) is 15.1. The highest BCUT2D eigenvalue weighted by molar-refractivity contribution is 9.10. The van der Waals surface area contributed by atoms with E-state index in [1.165, 1.54) is 12.3 Å². The van der Waals surface area contributed by atoms with Gasteiger partial charge in [-0.1, -0.05) is 12.1 Å². The molecule has 6 nitrogen and oxygen atoms in total. The Balaban J connectivity index is 2.36. The van der Waals surface area contributed by atoms with E-state index in [0.717, 1.165) is 5.56 Å². The third-order valence-electron chi connectivity index (χ3n) is 2.95. The number of rotatable bonds is 3. The van der Waals surface area contributed by atoms with Crippen LogP contribution >= 0.6 is 15.9 Å². The molecule has 1 amide bonds. The third kappa shape index (κ3) is 3.25. The predicted molar refractivity (Wildman–Crippen MR) is 82.5 cm³/mol. The minimum absolute atomic E-state index is 0.0584. The minimum atomic E-state index is -0.563. The molecule has 7 heteroatoms. The summed E-state index contributed by atoms with van der Waals surface area (Å²) in [6.07, 6.45) is 1.49. The summed E-state index contributed by atoms with van der Waals surface area (Å²) >= 11 is 3.27. The summed E-state index contributed by atoms with van der Waals surface area (Å²) in [6, 6.07) is 6.26. The Kier molecular flexibility index (Phi) is 4.32. The van der Waals surface area contributed by atoms with Crippen LogP contribution in [0.1, 0.15) is 21.5 Å². The molecule has 0 aliphatic carbocycles. The van der Waals surface area contributed by atoms with Gasteiger partial charge in [-0.15, -0.1) is 0 Å². The molecule has 1 aromatic carbocycles. The van der Waals surface area contributed by atoms with Crippen molar-refractivity contribution in [2.45, 2.75) is 13.8 Å². The Morgan fingerprint density at radius 2 is 2.05 bits per heavy atom. The quantitative estimate of drug-likeness (QED) is 0.520. The molecule has 0 radical (unpaired) electrons. The van der Waals surface area contributed by atoms with E-state index in [4.69, 9.17) is 0 Å². The molecule has 2 aromatic rings. The maximum Gasteiger partial charge on any atom is 0.282 e. The number of nitrogens with one attached hydrogen (secondary N) is 1. The molecule has 108 valence electrons. The van der Waals surface area contributed by atoms with Crippen LogP contribution in [0.5, 0.6) is 0 Å². The lowest BCUT2D eigenvalue weighted by atomic mass is 10.1. The first-order valence-corrected chi connectivity index (χ1v) is 6.87. The molecule has 0 spiro atoms. The number of benzene rings is 1. The van der Waals surface area contributed by atoms with E-state index in [1.807, 2.05) is 6.92 Å². The van der Waals surface area contributed by atoms with Crippen molar-refractivity contribution in [1.82, 2.24) is 4.98 Å². The van der Waals surface area contributed by atoms with Crippen LogP contribution in [0.4, 0.5) is 11.4 Å². The lowest BCUT2D eigenvalue weighted by molar-refractivity contribution is -0.385. The Labute approximate surface area is 129 Å². The number of aromatic nitrogens is 1. The SMILES string of the molecule is Cc1cc(NC(=O)c2c(C)cccc2[N+](=O)[O-])cnc1Br. The van der Waals surface area contributed by atoms with E-state index in [0.29, 0.717) is 15.9 Å². The van der Waals surface area contributed by atoms with Crippen LogP contribution in [0.25, 0.3) is 0 Å². The van der Waals surface area contributed by atoms with Crippen molar-refractivity contribution >= 4 is 33.2 Å². The largest absolute Gasteiger partial charge is 0.320 e. The summed E-state index contributed by atoms with van der Waals surface area (Å²) in [4.78, 5) is 26.8. The van der Waals surface area contributed by atoms with Crippen molar-refractivity contribution in [3.8, 4) is 0 Å². The number of carbonyl (C=O) groups is 1. The number of anilines is 1. The third-order valence-corrected chi connectivity index (χ3v) is 3.78. The smallest absolute Gasteiger partial charge is 0.282 e. The molecule has 0 saturated heterocycles. The van der Waals surface area contributed by atoms with Gasteiger partial charge in [-0.3, -0.25) is 14.9 Å². The first-order chi connectivity index (χ1) is 9.90. The highest BCUT2D eigenvalue weighted by Gasteiger charge is 2.22. The van der Waals surface area contributed by atoms with Gasteiger partial charge in [-0.05, 0) is 47.0 Å². The normalized spacial score (nSPS) is 10.2. The zero-order chi connectivity index (χ0) is 15.6. The maximum absolute atomic E-state index is 12.3. The van der Waals surface area contributed by atoms with Gasteiger partial charge in [0.15, 0.2) is 0 Å². The minimum Gasteiger partial charge on any atom is -0.320 e. The van der Waals surface area contributed by atoms with E-state index in [2.05, 4.69) is 26.2 Å². The van der Waals surface area contributed by atoms with Crippen molar-refractivity contribution in [1.29, 1.82) is 0 Å². The van der Waals surface area contributed by atoms with Gasteiger partial charge in [0.2, 0.25) is 0 Å². The van der Waals surface area contributed by atoms with Crippen LogP contribution in [-0.2, 0) is 0 Å². The zero-order valence-corrected chi connectivity index (χ0v) is 13.0. The van der Waals surface area contributed by atoms with E-state index >= 15 is 0 Å². The second-order valence-electron chi connectivity index (χ2n) is 4.51. The van der Waals surface area contributed by atoms with Crippen molar-refractivity contribution in [2.24, 2.45) is 0 Å². The second kappa shape index (κ2) is 6.01. The topological polar surface area (TPSA) is 85.1 Å². The van der Waals surface area contributed by atoms with Crippen molar-refractivity contribution < 1.29 is 9.72 Å². The average Bonchev–Trinajstić information content (AvgIpc) is 2.42. The molecule has 1 heterocycles. The molecule has 0 saturated carbocycles. The lowest BCUT2D eigenvalue weighted by Crippen LogP contribution is -2.15. The molecular weight excluding hydrogens is 338 g/mol. The number of carbonyl (C=O) groups excluding carboxylic acids is 1. The monoisotopic (exact) mass is 349 g/mol. The van der Waals surface area contributed by atoms with Crippen LogP contribution in [-0.4, -0.2) is 15.8 Å². The van der Waals surface area contributed by atoms with Gasteiger partial charge in [-0.2, -0.15) is 0 Å². The first-order valence-electron chi connectivity index (χ1n) is 6.07. The molecule has 2 rings (SSSR count). The number of amides is 1. The van der Waals surface area contributed by atoms with Crippen LogP contribution in [0.2, 0.25) is 0 Å². The Morgan fingerprint density at radius 3 is 2.67 bits per heavy atom. The van der Waals surface area contributed by atoms with Gasteiger partial charge in [0.05, 0.1) is 16.8 Å². The van der Waals surface area contributed by atoms with E-state index in [1.54, 1.807) is 25.1 Å². The van der Waals surface area contributed by atoms with Gasteiger partial charge in [-0.25, -0.2) is 4.98 Å². The van der Waals surface area contributed by atoms with Crippen molar-refractivity contribution in [3.63, 3.8) is 0 Å². The predicted octanol–water partition coefficient (Wildman–Crippen LogP) is 3.62. The zero-order valence-electron chi connectivity index (χ0n) is 11.4. The number of aryl methyl sites for hydroxylation is 2. The average molecular weight is 350 g/mol. The van der Waals surface area contributed by atoms with Gasteiger partial charge in [0, 0.05) is 6.07 Å². The standard InChI is InChI=1S/C14H12BrN3O3/c1-8-4-3-5-11(18(20)21)12(8)14(19)17-10-6-9(2)13(15)16-7-10/h3-7H,1-2H3,(H,17,19). The van der Waals surface area contributed by atoms with E-state index in [-0.39, 0.29) is 11.3 Å². The highest BCUT2D eigenvalue weighted by atomic mass is 79.9. The van der Waals surface area contributed by atoms with Gasteiger partial charge in [0.1, 0.15) is 10.2 Å². The summed E-state index contributed by atoms with van der Waals surface area (Å²) in [6.45, 7) is 3.50. The molecule has 1 aromatic heterocycles. The summed E-state index contributed by atoms with van der Waals surface area (Å²) < 4.78 is 0.683. The van der Waals surface area contributed by atoms with Crippen LogP contribution in [0, 0.1) is 24.0 Å². The van der Waals surface area contributed by atoms with E-state index < -0.39 is 10.8 Å². The fourth-order valence-electron chi connectivity index (χ4n) is 1.92. The Morgan fingerprint density at radius 1 is 1.33 bits per heavy atom. The number of halogens is 1. The number of nitrogens with zero attached hydrogens (tertiary/aromatic N) is 2. The summed E-state index contributed by atoms with van der Waals surface area (Å²) in [7, 11) is 0. The van der Waals surface area contributed by atoms with Crippen molar-refractivity contribution in [3.05, 3.63) is 61.9 Å². The molecule has 0 atom stereocenters. The number of nitro benzene ring substituents is 1.